The monoisotopic (exact) mass is 219 g/mol. The lowest BCUT2D eigenvalue weighted by atomic mass is 10.2. The minimum Gasteiger partial charge on any atom is -0.368 e. The second kappa shape index (κ2) is 4.83. The molecule has 0 aliphatic heterocycles. The molecule has 3 heteroatoms. The Balaban J connectivity index is 2.16. The summed E-state index contributed by atoms with van der Waals surface area (Å²) in [7, 11) is 0. The van der Waals surface area contributed by atoms with Crippen molar-refractivity contribution in [2.45, 2.75) is 39.3 Å². The third-order valence-corrected chi connectivity index (χ3v) is 2.89. The highest BCUT2D eigenvalue weighted by atomic mass is 15.2. The van der Waals surface area contributed by atoms with Gasteiger partial charge >= 0.3 is 0 Å². The number of pyridine rings is 1. The topological polar surface area (TPSA) is 42.2 Å². The average Bonchev–Trinajstić information content (AvgIpc) is 3.09. The molecule has 1 heterocycles. The van der Waals surface area contributed by atoms with Crippen LogP contribution in [0.15, 0.2) is 18.3 Å². The molecule has 1 aliphatic carbocycles. The third-order valence-electron chi connectivity index (χ3n) is 2.89. The smallest absolute Gasteiger partial charge is 0.0560 e. The number of hydrogen-bond acceptors (Lipinski definition) is 3. The lowest BCUT2D eigenvalue weighted by Crippen LogP contribution is -2.29. The van der Waals surface area contributed by atoms with Crippen molar-refractivity contribution >= 4 is 5.69 Å². The molecule has 2 rings (SSSR count). The molecule has 0 amide bonds. The van der Waals surface area contributed by atoms with Gasteiger partial charge in [0.25, 0.3) is 0 Å². The molecule has 2 N–H and O–H groups in total. The molecule has 0 atom stereocenters. The van der Waals surface area contributed by atoms with E-state index in [1.807, 2.05) is 6.20 Å². The Morgan fingerprint density at radius 2 is 2.25 bits per heavy atom. The standard InChI is InChI=1S/C13H21N3/c1-10(2)9-16(12-3-4-12)13-5-6-15-11(7-13)8-14/h5-7,10,12H,3-4,8-9,14H2,1-2H3. The van der Waals surface area contributed by atoms with Gasteiger partial charge in [0, 0.05) is 31.0 Å². The highest BCUT2D eigenvalue weighted by molar-refractivity contribution is 5.48. The molecule has 1 aromatic heterocycles. The lowest BCUT2D eigenvalue weighted by Gasteiger charge is -2.26. The number of nitrogens with two attached hydrogens (primary N) is 1. The second-order valence-electron chi connectivity index (χ2n) is 4.99. The van der Waals surface area contributed by atoms with Crippen molar-refractivity contribution < 1.29 is 0 Å². The maximum Gasteiger partial charge on any atom is 0.0560 e. The van der Waals surface area contributed by atoms with Gasteiger partial charge in [0.15, 0.2) is 0 Å². The van der Waals surface area contributed by atoms with Crippen LogP contribution in [-0.4, -0.2) is 17.6 Å². The predicted octanol–water partition coefficient (Wildman–Crippen LogP) is 2.17. The molecule has 16 heavy (non-hydrogen) atoms. The fraction of sp³-hybridized carbons (Fsp3) is 0.615. The Morgan fingerprint density at radius 3 is 2.81 bits per heavy atom. The maximum absolute atomic E-state index is 5.63. The van der Waals surface area contributed by atoms with Crippen molar-refractivity contribution in [1.82, 2.24) is 4.98 Å². The highest BCUT2D eigenvalue weighted by Gasteiger charge is 2.29. The van der Waals surface area contributed by atoms with Crippen molar-refractivity contribution in [3.05, 3.63) is 24.0 Å². The molecule has 1 saturated carbocycles. The van der Waals surface area contributed by atoms with Crippen molar-refractivity contribution in [3.8, 4) is 0 Å². The van der Waals surface area contributed by atoms with E-state index in [0.29, 0.717) is 12.5 Å². The van der Waals surface area contributed by atoms with Gasteiger partial charge in [0.2, 0.25) is 0 Å². The van der Waals surface area contributed by atoms with Gasteiger partial charge in [-0.2, -0.15) is 0 Å². The molecule has 0 radical (unpaired) electrons. The number of anilines is 1. The molecule has 1 aromatic rings. The normalized spacial score (nSPS) is 15.5. The van der Waals surface area contributed by atoms with Gasteiger partial charge < -0.3 is 10.6 Å². The Labute approximate surface area is 97.7 Å². The largest absolute Gasteiger partial charge is 0.368 e. The summed E-state index contributed by atoms with van der Waals surface area (Å²) < 4.78 is 0. The molecule has 88 valence electrons. The Morgan fingerprint density at radius 1 is 1.50 bits per heavy atom. The van der Waals surface area contributed by atoms with E-state index in [1.165, 1.54) is 18.5 Å². The van der Waals surface area contributed by atoms with E-state index in [1.54, 1.807) is 0 Å². The van der Waals surface area contributed by atoms with Crippen LogP contribution in [0.25, 0.3) is 0 Å². The van der Waals surface area contributed by atoms with Crippen LogP contribution >= 0.6 is 0 Å². The number of hydrogen-bond donors (Lipinski definition) is 1. The minimum absolute atomic E-state index is 0.522. The van der Waals surface area contributed by atoms with Gasteiger partial charge in [-0.15, -0.1) is 0 Å². The van der Waals surface area contributed by atoms with Gasteiger partial charge in [-0.3, -0.25) is 4.98 Å². The van der Waals surface area contributed by atoms with E-state index >= 15 is 0 Å². The van der Waals surface area contributed by atoms with E-state index in [4.69, 9.17) is 5.73 Å². The van der Waals surface area contributed by atoms with Crippen LogP contribution in [0.1, 0.15) is 32.4 Å². The Bertz CT molecular complexity index is 345. The van der Waals surface area contributed by atoms with E-state index in [-0.39, 0.29) is 0 Å². The van der Waals surface area contributed by atoms with Crippen LogP contribution in [0.5, 0.6) is 0 Å². The number of rotatable bonds is 5. The van der Waals surface area contributed by atoms with Gasteiger partial charge in [-0.05, 0) is 30.9 Å². The first-order chi connectivity index (χ1) is 7.70. The molecule has 0 saturated heterocycles. The quantitative estimate of drug-likeness (QED) is 0.825. The first-order valence-electron chi connectivity index (χ1n) is 6.12. The molecule has 1 fully saturated rings. The summed E-state index contributed by atoms with van der Waals surface area (Å²) in [6, 6.07) is 4.97. The van der Waals surface area contributed by atoms with Crippen molar-refractivity contribution in [1.29, 1.82) is 0 Å². The van der Waals surface area contributed by atoms with E-state index in [0.717, 1.165) is 18.3 Å². The Kier molecular flexibility index (Phi) is 3.44. The predicted molar refractivity (Wildman–Crippen MR) is 67.3 cm³/mol. The molecule has 0 spiro atoms. The van der Waals surface area contributed by atoms with Crippen molar-refractivity contribution in [2.75, 3.05) is 11.4 Å². The molecular formula is C13H21N3. The van der Waals surface area contributed by atoms with Crippen LogP contribution in [0.2, 0.25) is 0 Å². The zero-order chi connectivity index (χ0) is 11.5. The SMILES string of the molecule is CC(C)CN(c1ccnc(CN)c1)C1CC1. The average molecular weight is 219 g/mol. The van der Waals surface area contributed by atoms with Gasteiger partial charge in [-0.25, -0.2) is 0 Å². The molecule has 1 aliphatic rings. The summed E-state index contributed by atoms with van der Waals surface area (Å²) in [5.74, 6) is 0.690. The summed E-state index contributed by atoms with van der Waals surface area (Å²) in [4.78, 5) is 6.75. The molecule has 3 nitrogen and oxygen atoms in total. The molecule has 0 bridgehead atoms. The zero-order valence-corrected chi connectivity index (χ0v) is 10.2. The van der Waals surface area contributed by atoms with E-state index in [2.05, 4.69) is 35.9 Å². The summed E-state index contributed by atoms with van der Waals surface area (Å²) >= 11 is 0. The Hall–Kier alpha value is -1.09. The van der Waals surface area contributed by atoms with Crippen LogP contribution < -0.4 is 10.6 Å². The summed E-state index contributed by atoms with van der Waals surface area (Å²) in [6.45, 7) is 6.17. The fourth-order valence-electron chi connectivity index (χ4n) is 2.00. The van der Waals surface area contributed by atoms with E-state index in [9.17, 15) is 0 Å². The highest BCUT2D eigenvalue weighted by Crippen LogP contribution is 2.32. The summed E-state index contributed by atoms with van der Waals surface area (Å²) in [6.07, 6.45) is 4.52. The van der Waals surface area contributed by atoms with E-state index < -0.39 is 0 Å². The zero-order valence-electron chi connectivity index (χ0n) is 10.2. The maximum atomic E-state index is 5.63. The first-order valence-corrected chi connectivity index (χ1v) is 6.12. The van der Waals surface area contributed by atoms with Crippen LogP contribution in [0.3, 0.4) is 0 Å². The first kappa shape index (κ1) is 11.4. The van der Waals surface area contributed by atoms with Gasteiger partial charge in [-0.1, -0.05) is 13.8 Å². The van der Waals surface area contributed by atoms with Crippen LogP contribution in [0, 0.1) is 5.92 Å². The van der Waals surface area contributed by atoms with Crippen LogP contribution in [-0.2, 0) is 6.54 Å². The number of nitrogens with zero attached hydrogens (tertiary/aromatic N) is 2. The summed E-state index contributed by atoms with van der Waals surface area (Å²) in [5, 5.41) is 0. The van der Waals surface area contributed by atoms with Crippen molar-refractivity contribution in [2.24, 2.45) is 11.7 Å². The van der Waals surface area contributed by atoms with Crippen molar-refractivity contribution in [3.63, 3.8) is 0 Å². The van der Waals surface area contributed by atoms with Crippen LogP contribution in [0.4, 0.5) is 5.69 Å². The fourth-order valence-corrected chi connectivity index (χ4v) is 2.00. The molecule has 0 aromatic carbocycles. The third kappa shape index (κ3) is 2.73. The molecule has 0 unspecified atom stereocenters. The lowest BCUT2D eigenvalue weighted by molar-refractivity contribution is 0.607. The minimum atomic E-state index is 0.522. The molecular weight excluding hydrogens is 198 g/mol. The second-order valence-corrected chi connectivity index (χ2v) is 4.99. The van der Waals surface area contributed by atoms with Gasteiger partial charge in [0.05, 0.1) is 5.69 Å². The van der Waals surface area contributed by atoms with Gasteiger partial charge in [0.1, 0.15) is 0 Å². The number of aromatic nitrogens is 1. The summed E-state index contributed by atoms with van der Waals surface area (Å²) in [5.41, 5.74) is 7.89.